The van der Waals surface area contributed by atoms with E-state index in [2.05, 4.69) is 0 Å². The Balaban J connectivity index is 1.99. The number of carbonyl (C=O) groups excluding carboxylic acids is 1. The minimum atomic E-state index is -0.997. The van der Waals surface area contributed by atoms with Gasteiger partial charge in [-0.2, -0.15) is 0 Å². The molecule has 0 bridgehead atoms. The molecule has 0 saturated carbocycles. The van der Waals surface area contributed by atoms with Crippen molar-refractivity contribution in [2.75, 3.05) is 0 Å². The number of aryl methyl sites for hydroxylation is 1. The molecule has 0 aliphatic carbocycles. The first-order valence-electron chi connectivity index (χ1n) is 6.90. The van der Waals surface area contributed by atoms with Crippen molar-refractivity contribution in [3.05, 3.63) is 58.4 Å². The van der Waals surface area contributed by atoms with Crippen molar-refractivity contribution in [1.29, 1.82) is 0 Å². The molecule has 1 amide bonds. The van der Waals surface area contributed by atoms with E-state index in [1.165, 1.54) is 4.90 Å². The molecular weight excluding hydrogens is 304 g/mol. The average Bonchev–Trinajstić information content (AvgIpc) is 2.83. The first-order chi connectivity index (χ1) is 10.5. The van der Waals surface area contributed by atoms with Crippen molar-refractivity contribution in [1.82, 2.24) is 9.47 Å². The fraction of sp³-hybridized carbons (Fsp3) is 0.250. The van der Waals surface area contributed by atoms with Gasteiger partial charge in [-0.1, -0.05) is 35.9 Å². The maximum absolute atomic E-state index is 12.7. The second kappa shape index (κ2) is 5.50. The van der Waals surface area contributed by atoms with Crippen LogP contribution in [0.15, 0.2) is 36.5 Å². The predicted molar refractivity (Wildman–Crippen MR) is 81.9 cm³/mol. The molecule has 1 aromatic carbocycles. The maximum atomic E-state index is 12.7. The van der Waals surface area contributed by atoms with E-state index in [0.29, 0.717) is 17.1 Å². The summed E-state index contributed by atoms with van der Waals surface area (Å²) < 4.78 is 1.62. The van der Waals surface area contributed by atoms with Gasteiger partial charge in [0.05, 0.1) is 5.02 Å². The van der Waals surface area contributed by atoms with Crippen LogP contribution >= 0.6 is 11.6 Å². The van der Waals surface area contributed by atoms with Gasteiger partial charge in [-0.15, -0.1) is 0 Å². The number of hydrogen-bond donors (Lipinski definition) is 1. The van der Waals surface area contributed by atoms with Gasteiger partial charge in [0.15, 0.2) is 0 Å². The van der Waals surface area contributed by atoms with E-state index < -0.39 is 12.0 Å². The van der Waals surface area contributed by atoms with Crippen LogP contribution in [-0.2, 0) is 24.8 Å². The third-order valence-electron chi connectivity index (χ3n) is 3.99. The van der Waals surface area contributed by atoms with Crippen molar-refractivity contribution in [2.45, 2.75) is 19.0 Å². The molecule has 0 fully saturated rings. The SMILES string of the molecule is Cn1cc(Cl)cc1C(=O)N1Cc2ccccc2CC1C(=O)O. The van der Waals surface area contributed by atoms with E-state index in [-0.39, 0.29) is 12.5 Å². The van der Waals surface area contributed by atoms with Gasteiger partial charge in [0, 0.05) is 26.2 Å². The summed E-state index contributed by atoms with van der Waals surface area (Å²) in [6.45, 7) is 0.286. The summed E-state index contributed by atoms with van der Waals surface area (Å²) in [5.41, 5.74) is 2.34. The van der Waals surface area contributed by atoms with Crippen LogP contribution in [0.3, 0.4) is 0 Å². The number of halogens is 1. The van der Waals surface area contributed by atoms with E-state index in [1.54, 1.807) is 23.9 Å². The van der Waals surface area contributed by atoms with Crippen molar-refractivity contribution >= 4 is 23.5 Å². The van der Waals surface area contributed by atoms with Crippen LogP contribution in [-0.4, -0.2) is 32.5 Å². The number of benzene rings is 1. The number of hydrogen-bond acceptors (Lipinski definition) is 2. The lowest BCUT2D eigenvalue weighted by atomic mass is 9.93. The number of carbonyl (C=O) groups is 2. The Bertz CT molecular complexity index is 754. The van der Waals surface area contributed by atoms with Crippen LogP contribution in [0.25, 0.3) is 0 Å². The zero-order valence-corrected chi connectivity index (χ0v) is 12.7. The van der Waals surface area contributed by atoms with Crippen LogP contribution in [0, 0.1) is 0 Å². The van der Waals surface area contributed by atoms with Crippen molar-refractivity contribution < 1.29 is 14.7 Å². The van der Waals surface area contributed by atoms with Gasteiger partial charge >= 0.3 is 5.97 Å². The molecule has 1 unspecified atom stereocenters. The Kier molecular flexibility index (Phi) is 3.66. The van der Waals surface area contributed by atoms with Crippen molar-refractivity contribution in [3.8, 4) is 0 Å². The molecule has 6 heteroatoms. The Morgan fingerprint density at radius 3 is 2.55 bits per heavy atom. The second-order valence-electron chi connectivity index (χ2n) is 5.41. The second-order valence-corrected chi connectivity index (χ2v) is 5.85. The van der Waals surface area contributed by atoms with E-state index in [9.17, 15) is 14.7 Å². The van der Waals surface area contributed by atoms with Gasteiger partial charge in [0.25, 0.3) is 5.91 Å². The van der Waals surface area contributed by atoms with Gasteiger partial charge < -0.3 is 14.6 Å². The summed E-state index contributed by atoms with van der Waals surface area (Å²) in [5, 5.41) is 9.93. The fourth-order valence-corrected chi connectivity index (χ4v) is 3.09. The monoisotopic (exact) mass is 318 g/mol. The fourth-order valence-electron chi connectivity index (χ4n) is 2.84. The smallest absolute Gasteiger partial charge is 0.326 e. The first-order valence-corrected chi connectivity index (χ1v) is 7.27. The summed E-state index contributed by atoms with van der Waals surface area (Å²) in [6, 6.07) is 8.30. The van der Waals surface area contributed by atoms with Gasteiger partial charge in [-0.05, 0) is 17.2 Å². The number of carboxylic acid groups (broad SMARTS) is 1. The molecule has 1 aliphatic heterocycles. The summed E-state index contributed by atoms with van der Waals surface area (Å²) in [5.74, 6) is -1.32. The highest BCUT2D eigenvalue weighted by atomic mass is 35.5. The van der Waals surface area contributed by atoms with Crippen LogP contribution in [0.1, 0.15) is 21.6 Å². The van der Waals surface area contributed by atoms with Crippen LogP contribution < -0.4 is 0 Å². The van der Waals surface area contributed by atoms with E-state index >= 15 is 0 Å². The van der Waals surface area contributed by atoms with Crippen molar-refractivity contribution in [3.63, 3.8) is 0 Å². The molecule has 1 aromatic heterocycles. The Morgan fingerprint density at radius 1 is 1.27 bits per heavy atom. The quantitative estimate of drug-likeness (QED) is 0.924. The highest BCUT2D eigenvalue weighted by Crippen LogP contribution is 2.26. The van der Waals surface area contributed by atoms with E-state index in [1.807, 2.05) is 24.3 Å². The zero-order chi connectivity index (χ0) is 15.9. The molecule has 1 atom stereocenters. The molecular formula is C16H15ClN2O3. The zero-order valence-electron chi connectivity index (χ0n) is 12.0. The standard InChI is InChI=1S/C16H15ClN2O3/c1-18-9-12(17)7-13(18)15(20)19-8-11-5-3-2-4-10(11)6-14(19)16(21)22/h2-5,7,9,14H,6,8H2,1H3,(H,21,22). The molecule has 0 saturated heterocycles. The van der Waals surface area contributed by atoms with Crippen LogP contribution in [0.5, 0.6) is 0 Å². The first kappa shape index (κ1) is 14.7. The Hall–Kier alpha value is -2.27. The largest absolute Gasteiger partial charge is 0.480 e. The minimum absolute atomic E-state index is 0.286. The Labute approximate surface area is 132 Å². The van der Waals surface area contributed by atoms with Gasteiger partial charge in [0.1, 0.15) is 11.7 Å². The highest BCUT2D eigenvalue weighted by Gasteiger charge is 2.35. The molecule has 1 N–H and O–H groups in total. The third-order valence-corrected chi connectivity index (χ3v) is 4.19. The van der Waals surface area contributed by atoms with Crippen molar-refractivity contribution in [2.24, 2.45) is 7.05 Å². The maximum Gasteiger partial charge on any atom is 0.326 e. The van der Waals surface area contributed by atoms with Crippen LogP contribution in [0.2, 0.25) is 5.02 Å². The molecule has 3 rings (SSSR count). The number of aromatic nitrogens is 1. The summed E-state index contributed by atoms with van der Waals surface area (Å²) in [4.78, 5) is 25.7. The normalized spacial score (nSPS) is 17.2. The number of carboxylic acids is 1. The number of amides is 1. The topological polar surface area (TPSA) is 62.5 Å². The molecule has 5 nitrogen and oxygen atoms in total. The molecule has 0 radical (unpaired) electrons. The third kappa shape index (κ3) is 2.48. The molecule has 0 spiro atoms. The number of fused-ring (bicyclic) bond motifs is 1. The molecule has 2 heterocycles. The number of aliphatic carboxylic acids is 1. The lowest BCUT2D eigenvalue weighted by molar-refractivity contribution is -0.142. The average molecular weight is 319 g/mol. The summed E-state index contributed by atoms with van der Waals surface area (Å²) in [6.07, 6.45) is 1.94. The minimum Gasteiger partial charge on any atom is -0.480 e. The Morgan fingerprint density at radius 2 is 1.95 bits per heavy atom. The van der Waals surface area contributed by atoms with Gasteiger partial charge in [-0.3, -0.25) is 4.79 Å². The van der Waals surface area contributed by atoms with E-state index in [0.717, 1.165) is 11.1 Å². The molecule has 1 aliphatic rings. The number of rotatable bonds is 2. The van der Waals surface area contributed by atoms with Gasteiger partial charge in [0.2, 0.25) is 0 Å². The van der Waals surface area contributed by atoms with Crippen LogP contribution in [0.4, 0.5) is 0 Å². The summed E-state index contributed by atoms with van der Waals surface area (Å²) in [7, 11) is 1.72. The molecule has 2 aromatic rings. The molecule has 114 valence electrons. The number of nitrogens with zero attached hydrogens (tertiary/aromatic N) is 2. The predicted octanol–water partition coefficient (Wildman–Crippen LogP) is 2.33. The van der Waals surface area contributed by atoms with Gasteiger partial charge in [-0.25, -0.2) is 4.79 Å². The lowest BCUT2D eigenvalue weighted by Gasteiger charge is -2.34. The lowest BCUT2D eigenvalue weighted by Crippen LogP contribution is -2.49. The highest BCUT2D eigenvalue weighted by molar-refractivity contribution is 6.31. The summed E-state index contributed by atoms with van der Waals surface area (Å²) >= 11 is 5.92. The molecule has 22 heavy (non-hydrogen) atoms. The van der Waals surface area contributed by atoms with E-state index in [4.69, 9.17) is 11.6 Å².